The van der Waals surface area contributed by atoms with E-state index in [4.69, 9.17) is 5.11 Å². The van der Waals surface area contributed by atoms with Gasteiger partial charge in [-0.15, -0.1) is 0 Å². The lowest BCUT2D eigenvalue weighted by molar-refractivity contribution is -0.160. The number of hydrogen-bond donors (Lipinski definition) is 2. The van der Waals surface area contributed by atoms with Crippen LogP contribution in [0.1, 0.15) is 13.8 Å². The summed E-state index contributed by atoms with van der Waals surface area (Å²) in [4.78, 5) is 10.5. The lowest BCUT2D eigenvalue weighted by Crippen LogP contribution is -2.46. The Morgan fingerprint density at radius 2 is 1.83 bits per heavy atom. The molecule has 2 atom stereocenters. The fraction of sp³-hybridized carbons (Fsp3) is 0.833. The van der Waals surface area contributed by atoms with Crippen molar-refractivity contribution in [2.75, 3.05) is 0 Å². The number of aliphatic hydroxyl groups excluding tert-OH is 1. The SMILES string of the molecule is CC(NC(=O)[C@@H](C)O)C(F)(F)F. The van der Waals surface area contributed by atoms with Crippen LogP contribution in [0.2, 0.25) is 0 Å². The average molecular weight is 185 g/mol. The molecular formula is C6H10F3NO2. The van der Waals surface area contributed by atoms with Crippen LogP contribution in [0.15, 0.2) is 0 Å². The summed E-state index contributed by atoms with van der Waals surface area (Å²) >= 11 is 0. The van der Waals surface area contributed by atoms with Crippen molar-refractivity contribution in [1.82, 2.24) is 5.32 Å². The second-order valence-electron chi connectivity index (χ2n) is 2.45. The van der Waals surface area contributed by atoms with Crippen LogP contribution in [-0.2, 0) is 4.79 Å². The van der Waals surface area contributed by atoms with Gasteiger partial charge in [0.15, 0.2) is 0 Å². The molecule has 0 radical (unpaired) electrons. The van der Waals surface area contributed by atoms with Gasteiger partial charge in [-0.05, 0) is 13.8 Å². The van der Waals surface area contributed by atoms with E-state index in [9.17, 15) is 18.0 Å². The van der Waals surface area contributed by atoms with Crippen LogP contribution >= 0.6 is 0 Å². The van der Waals surface area contributed by atoms with Gasteiger partial charge in [-0.3, -0.25) is 4.79 Å². The lowest BCUT2D eigenvalue weighted by atomic mass is 10.3. The highest BCUT2D eigenvalue weighted by Gasteiger charge is 2.37. The number of rotatable bonds is 2. The Morgan fingerprint density at radius 3 is 2.08 bits per heavy atom. The highest BCUT2D eigenvalue weighted by Crippen LogP contribution is 2.19. The van der Waals surface area contributed by atoms with E-state index in [-0.39, 0.29) is 0 Å². The summed E-state index contributed by atoms with van der Waals surface area (Å²) in [5.74, 6) is -1.03. The molecule has 0 aliphatic carbocycles. The molecule has 0 saturated heterocycles. The largest absolute Gasteiger partial charge is 0.408 e. The highest BCUT2D eigenvalue weighted by atomic mass is 19.4. The van der Waals surface area contributed by atoms with Crippen molar-refractivity contribution in [3.63, 3.8) is 0 Å². The molecule has 3 nitrogen and oxygen atoms in total. The summed E-state index contributed by atoms with van der Waals surface area (Å²) < 4.78 is 35.3. The standard InChI is InChI=1S/C6H10F3NO2/c1-3(11)5(12)10-4(2)6(7,8)9/h3-4,11H,1-2H3,(H,10,12)/t3-,4?/m1/s1. The first-order valence-corrected chi connectivity index (χ1v) is 3.30. The molecule has 0 rings (SSSR count). The van der Waals surface area contributed by atoms with Crippen LogP contribution < -0.4 is 5.32 Å². The van der Waals surface area contributed by atoms with Gasteiger partial charge >= 0.3 is 6.18 Å². The Bertz CT molecular complexity index is 167. The number of nitrogens with one attached hydrogen (secondary N) is 1. The van der Waals surface area contributed by atoms with Gasteiger partial charge in [0.2, 0.25) is 5.91 Å². The van der Waals surface area contributed by atoms with E-state index in [1.165, 1.54) is 0 Å². The quantitative estimate of drug-likeness (QED) is 0.655. The van der Waals surface area contributed by atoms with Crippen molar-refractivity contribution in [1.29, 1.82) is 0 Å². The van der Waals surface area contributed by atoms with E-state index in [2.05, 4.69) is 0 Å². The van der Waals surface area contributed by atoms with Crippen LogP contribution in [0.4, 0.5) is 13.2 Å². The zero-order chi connectivity index (χ0) is 9.94. The monoisotopic (exact) mass is 185 g/mol. The third-order valence-corrected chi connectivity index (χ3v) is 1.23. The number of aliphatic hydroxyl groups is 1. The summed E-state index contributed by atoms with van der Waals surface area (Å²) in [5.41, 5.74) is 0. The predicted octanol–water partition coefficient (Wildman–Crippen LogP) is 0.434. The number of hydrogen-bond acceptors (Lipinski definition) is 2. The van der Waals surface area contributed by atoms with Crippen molar-refractivity contribution < 1.29 is 23.1 Å². The molecule has 1 amide bonds. The maximum absolute atomic E-state index is 11.8. The summed E-state index contributed by atoms with van der Waals surface area (Å²) in [5, 5.41) is 10.2. The van der Waals surface area contributed by atoms with Gasteiger partial charge in [-0.1, -0.05) is 0 Å². The van der Waals surface area contributed by atoms with Crippen LogP contribution in [0.25, 0.3) is 0 Å². The molecule has 0 aromatic carbocycles. The Labute approximate surface area is 67.6 Å². The first kappa shape index (κ1) is 11.2. The van der Waals surface area contributed by atoms with Gasteiger partial charge in [0.05, 0.1) is 0 Å². The number of amides is 1. The minimum Gasteiger partial charge on any atom is -0.384 e. The molecule has 0 aliphatic heterocycles. The summed E-state index contributed by atoms with van der Waals surface area (Å²) in [7, 11) is 0. The highest BCUT2D eigenvalue weighted by molar-refractivity contribution is 5.80. The van der Waals surface area contributed by atoms with E-state index in [1.807, 2.05) is 0 Å². The Kier molecular flexibility index (Phi) is 3.51. The number of halogens is 3. The molecule has 0 fully saturated rings. The normalized spacial score (nSPS) is 16.8. The first-order valence-electron chi connectivity index (χ1n) is 3.30. The van der Waals surface area contributed by atoms with Crippen molar-refractivity contribution in [2.45, 2.75) is 32.2 Å². The maximum atomic E-state index is 11.8. The number of alkyl halides is 3. The number of carbonyl (C=O) groups is 1. The zero-order valence-corrected chi connectivity index (χ0v) is 6.64. The van der Waals surface area contributed by atoms with Gasteiger partial charge in [-0.2, -0.15) is 13.2 Å². The molecule has 6 heteroatoms. The van der Waals surface area contributed by atoms with Crippen LogP contribution in [0.5, 0.6) is 0 Å². The van der Waals surface area contributed by atoms with E-state index in [1.54, 1.807) is 5.32 Å². The van der Waals surface area contributed by atoms with Crippen molar-refractivity contribution in [3.8, 4) is 0 Å². The molecular weight excluding hydrogens is 175 g/mol. The molecule has 0 saturated carbocycles. The topological polar surface area (TPSA) is 49.3 Å². The molecule has 0 aromatic rings. The smallest absolute Gasteiger partial charge is 0.384 e. The van der Waals surface area contributed by atoms with Crippen molar-refractivity contribution >= 4 is 5.91 Å². The fourth-order valence-electron chi connectivity index (χ4n) is 0.416. The average Bonchev–Trinajstić information content (AvgIpc) is 1.85. The maximum Gasteiger partial charge on any atom is 0.408 e. The minimum atomic E-state index is -4.47. The van der Waals surface area contributed by atoms with Gasteiger partial charge in [-0.25, -0.2) is 0 Å². The number of carbonyl (C=O) groups excluding carboxylic acids is 1. The van der Waals surface area contributed by atoms with Crippen LogP contribution in [-0.4, -0.2) is 29.3 Å². The third-order valence-electron chi connectivity index (χ3n) is 1.23. The lowest BCUT2D eigenvalue weighted by Gasteiger charge is -2.17. The molecule has 0 spiro atoms. The van der Waals surface area contributed by atoms with Crippen LogP contribution in [0.3, 0.4) is 0 Å². The predicted molar refractivity (Wildman–Crippen MR) is 35.3 cm³/mol. The second kappa shape index (κ2) is 3.75. The summed E-state index contributed by atoms with van der Waals surface area (Å²) in [6, 6.07) is -1.93. The van der Waals surface area contributed by atoms with Crippen LogP contribution in [0, 0.1) is 0 Å². The van der Waals surface area contributed by atoms with E-state index >= 15 is 0 Å². The summed E-state index contributed by atoms with van der Waals surface area (Å²) in [6.07, 6.45) is -5.89. The molecule has 2 N–H and O–H groups in total. The van der Waals surface area contributed by atoms with Gasteiger partial charge in [0.25, 0.3) is 0 Å². The van der Waals surface area contributed by atoms with Gasteiger partial charge in [0, 0.05) is 0 Å². The zero-order valence-electron chi connectivity index (χ0n) is 6.64. The Hall–Kier alpha value is -0.780. The van der Waals surface area contributed by atoms with Gasteiger partial charge < -0.3 is 10.4 Å². The molecule has 1 unspecified atom stereocenters. The molecule has 72 valence electrons. The molecule has 0 bridgehead atoms. The van der Waals surface area contributed by atoms with E-state index in [0.29, 0.717) is 0 Å². The molecule has 0 aliphatic rings. The fourth-order valence-corrected chi connectivity index (χ4v) is 0.416. The minimum absolute atomic E-state index is 0.806. The molecule has 12 heavy (non-hydrogen) atoms. The van der Waals surface area contributed by atoms with E-state index in [0.717, 1.165) is 13.8 Å². The molecule has 0 heterocycles. The third kappa shape index (κ3) is 3.56. The Morgan fingerprint density at radius 1 is 1.42 bits per heavy atom. The van der Waals surface area contributed by atoms with Crippen molar-refractivity contribution in [2.24, 2.45) is 0 Å². The molecule has 0 aromatic heterocycles. The van der Waals surface area contributed by atoms with Gasteiger partial charge in [0.1, 0.15) is 12.1 Å². The first-order chi connectivity index (χ1) is 5.25. The van der Waals surface area contributed by atoms with E-state index < -0.39 is 24.2 Å². The summed E-state index contributed by atoms with van der Waals surface area (Å²) in [6.45, 7) is 1.90. The Balaban J connectivity index is 4.02. The second-order valence-corrected chi connectivity index (χ2v) is 2.45. The van der Waals surface area contributed by atoms with Crippen molar-refractivity contribution in [3.05, 3.63) is 0 Å².